The maximum atomic E-state index is 13.5. The molecule has 5 nitrogen and oxygen atoms in total. The van der Waals surface area contributed by atoms with Crippen LogP contribution in [0.15, 0.2) is 60.7 Å². The molecule has 0 aliphatic rings. The molecule has 0 bridgehead atoms. The standard InChI is InChI=1S/C26H29F2N3O2S/c1-3-4-14-30(26(33)29-23-7-5-6-22(28)15-23)18-25(32)31(17-24-13-8-19(2)34-24)16-20-9-11-21(27)12-10-20/h5-13,15H,3-4,14,16-18H2,1-2H3,(H,29,33). The average Bonchev–Trinajstić information content (AvgIpc) is 3.22. The summed E-state index contributed by atoms with van der Waals surface area (Å²) in [5, 5.41) is 2.68. The van der Waals surface area contributed by atoms with Crippen molar-refractivity contribution >= 4 is 29.0 Å². The minimum absolute atomic E-state index is 0.118. The fraction of sp³-hybridized carbons (Fsp3) is 0.308. The second kappa shape index (κ2) is 12.3. The van der Waals surface area contributed by atoms with E-state index in [4.69, 9.17) is 0 Å². The maximum absolute atomic E-state index is 13.5. The van der Waals surface area contributed by atoms with Crippen molar-refractivity contribution in [3.8, 4) is 0 Å². The highest BCUT2D eigenvalue weighted by Gasteiger charge is 2.22. The van der Waals surface area contributed by atoms with Gasteiger partial charge in [-0.25, -0.2) is 13.6 Å². The molecular formula is C26H29F2N3O2S. The zero-order chi connectivity index (χ0) is 24.5. The van der Waals surface area contributed by atoms with Gasteiger partial charge in [0.2, 0.25) is 5.91 Å². The average molecular weight is 486 g/mol. The summed E-state index contributed by atoms with van der Waals surface area (Å²) in [4.78, 5) is 31.6. The lowest BCUT2D eigenvalue weighted by Gasteiger charge is -2.28. The van der Waals surface area contributed by atoms with Crippen LogP contribution in [0.25, 0.3) is 0 Å². The molecule has 2 aromatic carbocycles. The molecule has 1 heterocycles. The Labute approximate surface area is 203 Å². The summed E-state index contributed by atoms with van der Waals surface area (Å²) in [6.07, 6.45) is 1.58. The highest BCUT2D eigenvalue weighted by atomic mass is 32.1. The summed E-state index contributed by atoms with van der Waals surface area (Å²) in [7, 11) is 0. The number of aryl methyl sites for hydroxylation is 1. The van der Waals surface area contributed by atoms with E-state index < -0.39 is 11.8 Å². The molecule has 3 aromatic rings. The molecule has 180 valence electrons. The number of nitrogens with one attached hydrogen (secondary N) is 1. The summed E-state index contributed by atoms with van der Waals surface area (Å²) >= 11 is 1.61. The summed E-state index contributed by atoms with van der Waals surface area (Å²) < 4.78 is 26.9. The Morgan fingerprint density at radius 1 is 0.941 bits per heavy atom. The highest BCUT2D eigenvalue weighted by Crippen LogP contribution is 2.19. The molecule has 0 aliphatic heterocycles. The lowest BCUT2D eigenvalue weighted by molar-refractivity contribution is -0.133. The van der Waals surface area contributed by atoms with Crippen LogP contribution < -0.4 is 5.32 Å². The smallest absolute Gasteiger partial charge is 0.322 e. The van der Waals surface area contributed by atoms with Crippen LogP contribution in [0.3, 0.4) is 0 Å². The number of carbonyl (C=O) groups excluding carboxylic acids is 2. The van der Waals surface area contributed by atoms with Crippen LogP contribution in [-0.2, 0) is 17.9 Å². The Morgan fingerprint density at radius 3 is 2.35 bits per heavy atom. The molecule has 0 spiro atoms. The first-order valence-electron chi connectivity index (χ1n) is 11.2. The van der Waals surface area contributed by atoms with Crippen molar-refractivity contribution in [3.63, 3.8) is 0 Å². The van der Waals surface area contributed by atoms with E-state index in [2.05, 4.69) is 5.32 Å². The number of benzene rings is 2. The first-order chi connectivity index (χ1) is 16.3. The van der Waals surface area contributed by atoms with Gasteiger partial charge in [-0.05, 0) is 61.4 Å². The van der Waals surface area contributed by atoms with Gasteiger partial charge in [-0.2, -0.15) is 0 Å². The van der Waals surface area contributed by atoms with E-state index >= 15 is 0 Å². The quantitative estimate of drug-likeness (QED) is 0.372. The molecule has 1 aromatic heterocycles. The predicted octanol–water partition coefficient (Wildman–Crippen LogP) is 6.20. The third-order valence-corrected chi connectivity index (χ3v) is 6.24. The molecule has 0 saturated carbocycles. The van der Waals surface area contributed by atoms with Crippen molar-refractivity contribution in [2.24, 2.45) is 0 Å². The lowest BCUT2D eigenvalue weighted by atomic mass is 10.2. The minimum Gasteiger partial charge on any atom is -0.332 e. The van der Waals surface area contributed by atoms with Crippen molar-refractivity contribution in [1.82, 2.24) is 9.80 Å². The molecule has 0 atom stereocenters. The van der Waals surface area contributed by atoms with Crippen LogP contribution in [0.2, 0.25) is 0 Å². The van der Waals surface area contributed by atoms with Crippen LogP contribution in [0.5, 0.6) is 0 Å². The van der Waals surface area contributed by atoms with Gasteiger partial charge in [0.25, 0.3) is 0 Å². The number of hydrogen-bond donors (Lipinski definition) is 1. The molecule has 8 heteroatoms. The Balaban J connectivity index is 1.76. The summed E-state index contributed by atoms with van der Waals surface area (Å²) in [6.45, 7) is 4.97. The van der Waals surface area contributed by atoms with E-state index in [1.54, 1.807) is 34.4 Å². The van der Waals surface area contributed by atoms with Crippen molar-refractivity contribution in [2.45, 2.75) is 39.8 Å². The summed E-state index contributed by atoms with van der Waals surface area (Å²) in [6, 6.07) is 15.2. The number of thiophene rings is 1. The van der Waals surface area contributed by atoms with Gasteiger partial charge >= 0.3 is 6.03 Å². The number of amides is 3. The number of anilines is 1. The number of unbranched alkanes of at least 4 members (excludes halogenated alkanes) is 1. The van der Waals surface area contributed by atoms with Gasteiger partial charge in [0, 0.05) is 28.5 Å². The molecule has 0 fully saturated rings. The second-order valence-electron chi connectivity index (χ2n) is 8.10. The molecule has 34 heavy (non-hydrogen) atoms. The summed E-state index contributed by atoms with van der Waals surface area (Å²) in [5.41, 5.74) is 1.13. The number of rotatable bonds is 10. The van der Waals surface area contributed by atoms with E-state index in [1.807, 2.05) is 26.0 Å². The van der Waals surface area contributed by atoms with Gasteiger partial charge < -0.3 is 15.1 Å². The zero-order valence-electron chi connectivity index (χ0n) is 19.4. The number of nitrogens with zero attached hydrogens (tertiary/aromatic N) is 2. The number of urea groups is 1. The molecule has 0 aliphatic carbocycles. The van der Waals surface area contributed by atoms with Gasteiger partial charge in [-0.15, -0.1) is 11.3 Å². The van der Waals surface area contributed by atoms with Crippen LogP contribution >= 0.6 is 11.3 Å². The van der Waals surface area contributed by atoms with Crippen molar-refractivity contribution in [3.05, 3.63) is 87.6 Å². The van der Waals surface area contributed by atoms with Crippen LogP contribution in [0.1, 0.15) is 35.1 Å². The first-order valence-corrected chi connectivity index (χ1v) is 12.0. The van der Waals surface area contributed by atoms with E-state index in [0.29, 0.717) is 25.3 Å². The van der Waals surface area contributed by atoms with Gasteiger partial charge in [0.05, 0.1) is 6.54 Å². The van der Waals surface area contributed by atoms with Crippen molar-refractivity contribution in [1.29, 1.82) is 0 Å². The Kier molecular flexibility index (Phi) is 9.16. The zero-order valence-corrected chi connectivity index (χ0v) is 20.2. The summed E-state index contributed by atoms with van der Waals surface area (Å²) in [5.74, 6) is -1.01. The largest absolute Gasteiger partial charge is 0.332 e. The topological polar surface area (TPSA) is 52.7 Å². The lowest BCUT2D eigenvalue weighted by Crippen LogP contribution is -2.44. The van der Waals surface area contributed by atoms with Crippen molar-refractivity contribution < 1.29 is 18.4 Å². The third kappa shape index (κ3) is 7.66. The first kappa shape index (κ1) is 25.4. The fourth-order valence-corrected chi connectivity index (χ4v) is 4.34. The van der Waals surface area contributed by atoms with E-state index in [9.17, 15) is 18.4 Å². The van der Waals surface area contributed by atoms with Crippen LogP contribution in [0, 0.1) is 18.6 Å². The fourth-order valence-electron chi connectivity index (χ4n) is 3.43. The number of hydrogen-bond acceptors (Lipinski definition) is 3. The van der Waals surface area contributed by atoms with Crippen molar-refractivity contribution in [2.75, 3.05) is 18.4 Å². The van der Waals surface area contributed by atoms with Crippen LogP contribution in [0.4, 0.5) is 19.3 Å². The Hall–Kier alpha value is -3.26. The Bertz CT molecular complexity index is 1100. The van der Waals surface area contributed by atoms with Crippen LogP contribution in [-0.4, -0.2) is 34.8 Å². The number of halogens is 2. The molecule has 3 rings (SSSR count). The maximum Gasteiger partial charge on any atom is 0.322 e. The number of carbonyl (C=O) groups is 2. The van der Waals surface area contributed by atoms with Gasteiger partial charge in [0.1, 0.15) is 18.2 Å². The molecule has 0 radical (unpaired) electrons. The van der Waals surface area contributed by atoms with Gasteiger partial charge in [-0.3, -0.25) is 4.79 Å². The van der Waals surface area contributed by atoms with Gasteiger partial charge in [-0.1, -0.05) is 31.5 Å². The minimum atomic E-state index is -0.457. The molecule has 3 amide bonds. The second-order valence-corrected chi connectivity index (χ2v) is 9.48. The molecule has 1 N–H and O–H groups in total. The normalized spacial score (nSPS) is 10.7. The highest BCUT2D eigenvalue weighted by molar-refractivity contribution is 7.11. The monoisotopic (exact) mass is 485 g/mol. The van der Waals surface area contributed by atoms with Gasteiger partial charge in [0.15, 0.2) is 0 Å². The van der Waals surface area contributed by atoms with E-state index in [-0.39, 0.29) is 18.3 Å². The predicted molar refractivity (Wildman–Crippen MR) is 132 cm³/mol. The van der Waals surface area contributed by atoms with E-state index in [0.717, 1.165) is 28.2 Å². The molecular weight excluding hydrogens is 456 g/mol. The van der Waals surface area contributed by atoms with E-state index in [1.165, 1.54) is 35.2 Å². The third-order valence-electron chi connectivity index (χ3n) is 5.25. The molecule has 0 saturated heterocycles. The SMILES string of the molecule is CCCCN(CC(=O)N(Cc1ccc(F)cc1)Cc1ccc(C)s1)C(=O)Nc1cccc(F)c1. The molecule has 0 unspecified atom stereocenters. The Morgan fingerprint density at radius 2 is 1.71 bits per heavy atom.